The number of H-pyrrole nitrogens is 1. The maximum absolute atomic E-state index is 10.6. The summed E-state index contributed by atoms with van der Waals surface area (Å²) < 4.78 is 5.43. The van der Waals surface area contributed by atoms with Crippen LogP contribution in [-0.4, -0.2) is 16.5 Å². The van der Waals surface area contributed by atoms with E-state index in [1.165, 1.54) is 0 Å². The minimum Gasteiger partial charge on any atom is -0.453 e. The van der Waals surface area contributed by atoms with E-state index in [0.29, 0.717) is 17.8 Å². The highest BCUT2D eigenvalue weighted by Crippen LogP contribution is 2.28. The molecule has 0 unspecified atom stereocenters. The average Bonchev–Trinajstić information content (AvgIpc) is 2.94. The Morgan fingerprint density at radius 1 is 1.35 bits per heavy atom. The predicted molar refractivity (Wildman–Crippen MR) is 63.9 cm³/mol. The van der Waals surface area contributed by atoms with Crippen molar-refractivity contribution >= 4 is 17.2 Å². The highest BCUT2D eigenvalue weighted by atomic mass is 16.3. The van der Waals surface area contributed by atoms with Gasteiger partial charge in [0.15, 0.2) is 12.0 Å². The Labute approximate surface area is 97.3 Å². The smallest absolute Gasteiger partial charge is 0.185 e. The van der Waals surface area contributed by atoms with Crippen LogP contribution in [-0.2, 0) is 0 Å². The van der Waals surface area contributed by atoms with E-state index < -0.39 is 0 Å². The zero-order valence-electron chi connectivity index (χ0n) is 9.23. The lowest BCUT2D eigenvalue weighted by Gasteiger charge is -2.02. The van der Waals surface area contributed by atoms with Gasteiger partial charge in [0.2, 0.25) is 0 Å². The summed E-state index contributed by atoms with van der Waals surface area (Å²) in [5, 5.41) is 7.93. The van der Waals surface area contributed by atoms with Gasteiger partial charge < -0.3 is 4.42 Å². The van der Waals surface area contributed by atoms with Gasteiger partial charge in [-0.3, -0.25) is 9.89 Å². The first-order valence-electron chi connectivity index (χ1n) is 5.27. The first-order chi connectivity index (χ1) is 8.28. The van der Waals surface area contributed by atoms with Crippen molar-refractivity contribution in [1.29, 1.82) is 0 Å². The van der Waals surface area contributed by atoms with Crippen molar-refractivity contribution in [3.05, 3.63) is 41.8 Å². The van der Waals surface area contributed by atoms with Gasteiger partial charge in [-0.05, 0) is 36.8 Å². The fourth-order valence-electron chi connectivity index (χ4n) is 1.93. The van der Waals surface area contributed by atoms with E-state index in [0.717, 1.165) is 22.0 Å². The number of furan rings is 1. The van der Waals surface area contributed by atoms with E-state index in [1.807, 2.05) is 19.1 Å². The van der Waals surface area contributed by atoms with Gasteiger partial charge in [0, 0.05) is 10.9 Å². The van der Waals surface area contributed by atoms with Crippen LogP contribution in [0.3, 0.4) is 0 Å². The van der Waals surface area contributed by atoms with E-state index in [-0.39, 0.29) is 0 Å². The molecule has 0 fully saturated rings. The Balaban J connectivity index is 2.21. The summed E-state index contributed by atoms with van der Waals surface area (Å²) in [6.45, 7) is 2.00. The molecule has 1 N–H and O–H groups in total. The van der Waals surface area contributed by atoms with Crippen molar-refractivity contribution in [2.75, 3.05) is 0 Å². The molecule has 0 spiro atoms. The number of aldehydes is 1. The number of carbonyl (C=O) groups excluding carboxylic acids is 1. The van der Waals surface area contributed by atoms with Crippen molar-refractivity contribution in [1.82, 2.24) is 10.2 Å². The van der Waals surface area contributed by atoms with Gasteiger partial charge in [0.1, 0.15) is 5.76 Å². The number of carbonyl (C=O) groups is 1. The Bertz CT molecular complexity index is 694. The molecule has 17 heavy (non-hydrogen) atoms. The van der Waals surface area contributed by atoms with Gasteiger partial charge in [-0.2, -0.15) is 5.10 Å². The molecule has 0 aliphatic carbocycles. The molecular weight excluding hydrogens is 216 g/mol. The molecule has 0 amide bonds. The maximum Gasteiger partial charge on any atom is 0.185 e. The monoisotopic (exact) mass is 226 g/mol. The zero-order chi connectivity index (χ0) is 11.8. The van der Waals surface area contributed by atoms with Gasteiger partial charge in [-0.25, -0.2) is 0 Å². The second-order valence-electron chi connectivity index (χ2n) is 3.94. The second-order valence-corrected chi connectivity index (χ2v) is 3.94. The lowest BCUT2D eigenvalue weighted by Crippen LogP contribution is -1.81. The zero-order valence-corrected chi connectivity index (χ0v) is 9.23. The third kappa shape index (κ3) is 1.54. The van der Waals surface area contributed by atoms with E-state index in [4.69, 9.17) is 4.42 Å². The van der Waals surface area contributed by atoms with Gasteiger partial charge >= 0.3 is 0 Å². The average molecular weight is 226 g/mol. The Morgan fingerprint density at radius 3 is 3.00 bits per heavy atom. The third-order valence-corrected chi connectivity index (χ3v) is 2.79. The largest absolute Gasteiger partial charge is 0.453 e. The van der Waals surface area contributed by atoms with Crippen LogP contribution in [0.2, 0.25) is 0 Å². The van der Waals surface area contributed by atoms with Gasteiger partial charge in [-0.15, -0.1) is 0 Å². The van der Waals surface area contributed by atoms with Crippen LogP contribution in [0.15, 0.2) is 34.9 Å². The molecular formula is C13H10N2O2. The fraction of sp³-hybridized carbons (Fsp3) is 0.0769. The molecule has 0 saturated carbocycles. The summed E-state index contributed by atoms with van der Waals surface area (Å²) in [5.74, 6) is 1.04. The van der Waals surface area contributed by atoms with Crippen molar-refractivity contribution < 1.29 is 9.21 Å². The molecule has 0 aliphatic rings. The molecule has 0 aliphatic heterocycles. The molecule has 0 saturated heterocycles. The summed E-state index contributed by atoms with van der Waals surface area (Å²) in [7, 11) is 0. The van der Waals surface area contributed by atoms with Crippen LogP contribution in [0.5, 0.6) is 0 Å². The molecule has 0 radical (unpaired) electrons. The number of benzene rings is 1. The van der Waals surface area contributed by atoms with Gasteiger partial charge in [0.05, 0.1) is 11.7 Å². The molecule has 2 aromatic heterocycles. The molecule has 84 valence electrons. The third-order valence-electron chi connectivity index (χ3n) is 2.79. The standard InChI is InChI=1S/C13H10N2O2/c1-8-4-12-9(6-14-15-12)5-11(8)13-3-2-10(7-16)17-13/h2-7H,1H3,(H,14,15). The summed E-state index contributed by atoms with van der Waals surface area (Å²) in [5.41, 5.74) is 3.05. The molecule has 4 nitrogen and oxygen atoms in total. The SMILES string of the molecule is Cc1cc2[nH]ncc2cc1-c1ccc(C=O)o1. The van der Waals surface area contributed by atoms with Crippen LogP contribution < -0.4 is 0 Å². The highest BCUT2D eigenvalue weighted by molar-refractivity contribution is 5.85. The second kappa shape index (κ2) is 3.59. The minimum atomic E-state index is 0.340. The van der Waals surface area contributed by atoms with Crippen molar-refractivity contribution in [2.24, 2.45) is 0 Å². The maximum atomic E-state index is 10.6. The fourth-order valence-corrected chi connectivity index (χ4v) is 1.93. The predicted octanol–water partition coefficient (Wildman–Crippen LogP) is 2.94. The number of nitrogens with zero attached hydrogens (tertiary/aromatic N) is 1. The lowest BCUT2D eigenvalue weighted by atomic mass is 10.0. The van der Waals surface area contributed by atoms with Crippen LogP contribution in [0.4, 0.5) is 0 Å². The van der Waals surface area contributed by atoms with E-state index in [9.17, 15) is 4.79 Å². The number of aryl methyl sites for hydroxylation is 1. The lowest BCUT2D eigenvalue weighted by molar-refractivity contribution is 0.110. The summed E-state index contributed by atoms with van der Waals surface area (Å²) in [4.78, 5) is 10.6. The van der Waals surface area contributed by atoms with Gasteiger partial charge in [0.25, 0.3) is 0 Å². The van der Waals surface area contributed by atoms with E-state index in [2.05, 4.69) is 10.2 Å². The van der Waals surface area contributed by atoms with Crippen molar-refractivity contribution in [3.8, 4) is 11.3 Å². The summed E-state index contributed by atoms with van der Waals surface area (Å²) in [6.07, 6.45) is 2.47. The molecule has 4 heteroatoms. The quantitative estimate of drug-likeness (QED) is 0.683. The van der Waals surface area contributed by atoms with Crippen LogP contribution in [0, 0.1) is 6.92 Å². The first-order valence-corrected chi connectivity index (χ1v) is 5.27. The number of hydrogen-bond donors (Lipinski definition) is 1. The Hall–Kier alpha value is -2.36. The number of fused-ring (bicyclic) bond motifs is 1. The van der Waals surface area contributed by atoms with Crippen LogP contribution >= 0.6 is 0 Å². The normalized spacial score (nSPS) is 10.9. The summed E-state index contributed by atoms with van der Waals surface area (Å²) in [6, 6.07) is 7.49. The number of aromatic nitrogens is 2. The van der Waals surface area contributed by atoms with E-state index >= 15 is 0 Å². The number of nitrogens with one attached hydrogen (secondary N) is 1. The molecule has 3 rings (SSSR count). The van der Waals surface area contributed by atoms with Gasteiger partial charge in [-0.1, -0.05) is 0 Å². The first kappa shape index (κ1) is 9.84. The Morgan fingerprint density at radius 2 is 2.24 bits per heavy atom. The molecule has 3 aromatic rings. The van der Waals surface area contributed by atoms with Crippen molar-refractivity contribution in [2.45, 2.75) is 6.92 Å². The molecule has 2 heterocycles. The molecule has 0 bridgehead atoms. The Kier molecular flexibility index (Phi) is 2.08. The van der Waals surface area contributed by atoms with Crippen LogP contribution in [0.25, 0.3) is 22.2 Å². The summed E-state index contributed by atoms with van der Waals surface area (Å²) >= 11 is 0. The molecule has 0 atom stereocenters. The number of rotatable bonds is 2. The number of aromatic amines is 1. The molecule has 1 aromatic carbocycles. The highest BCUT2D eigenvalue weighted by Gasteiger charge is 2.09. The van der Waals surface area contributed by atoms with Crippen LogP contribution in [0.1, 0.15) is 16.1 Å². The minimum absolute atomic E-state index is 0.340. The number of hydrogen-bond acceptors (Lipinski definition) is 3. The van der Waals surface area contributed by atoms with Crippen molar-refractivity contribution in [3.63, 3.8) is 0 Å². The van der Waals surface area contributed by atoms with E-state index in [1.54, 1.807) is 18.3 Å². The topological polar surface area (TPSA) is 58.9 Å².